The first kappa shape index (κ1) is 19.8. The molecule has 0 unspecified atom stereocenters. The summed E-state index contributed by atoms with van der Waals surface area (Å²) in [7, 11) is 0. The van der Waals surface area contributed by atoms with Gasteiger partial charge in [-0.05, 0) is 39.7 Å². The first-order valence-corrected chi connectivity index (χ1v) is 8.86. The molecule has 1 aromatic carbocycles. The lowest BCUT2D eigenvalue weighted by Crippen LogP contribution is -2.51. The Morgan fingerprint density at radius 2 is 1.96 bits per heavy atom. The Morgan fingerprint density at radius 1 is 1.27 bits per heavy atom. The van der Waals surface area contributed by atoms with Crippen molar-refractivity contribution in [3.05, 3.63) is 47.5 Å². The topological polar surface area (TPSA) is 67.9 Å². The van der Waals surface area contributed by atoms with Crippen molar-refractivity contribution in [2.45, 2.75) is 52.4 Å². The van der Waals surface area contributed by atoms with Gasteiger partial charge in [0.25, 0.3) is 0 Å². The van der Waals surface area contributed by atoms with Crippen molar-refractivity contribution in [2.24, 2.45) is 0 Å². The number of piperidine rings is 1. The van der Waals surface area contributed by atoms with E-state index in [0.717, 1.165) is 11.1 Å². The number of hydrogen-bond donors (Lipinski definition) is 1. The number of carbonyl (C=O) groups is 2. The molecule has 2 amide bonds. The van der Waals surface area contributed by atoms with Crippen LogP contribution in [0.2, 0.25) is 0 Å². The van der Waals surface area contributed by atoms with E-state index in [4.69, 9.17) is 9.47 Å². The molecule has 0 aliphatic carbocycles. The first-order chi connectivity index (χ1) is 12.3. The lowest BCUT2D eigenvalue weighted by atomic mass is 10.0. The molecule has 1 atom stereocenters. The van der Waals surface area contributed by atoms with Crippen molar-refractivity contribution in [1.29, 1.82) is 0 Å². The Kier molecular flexibility index (Phi) is 6.66. The second kappa shape index (κ2) is 8.74. The maximum atomic E-state index is 12.4. The summed E-state index contributed by atoms with van der Waals surface area (Å²) in [5.41, 5.74) is 1.46. The minimum Gasteiger partial charge on any atom is -0.445 e. The summed E-state index contributed by atoms with van der Waals surface area (Å²) in [4.78, 5) is 26.1. The fourth-order valence-electron chi connectivity index (χ4n) is 2.75. The number of rotatable bonds is 3. The van der Waals surface area contributed by atoms with Gasteiger partial charge in [-0.1, -0.05) is 42.0 Å². The minimum absolute atomic E-state index is 0.200. The van der Waals surface area contributed by atoms with Crippen LogP contribution in [0.15, 0.2) is 42.0 Å². The van der Waals surface area contributed by atoms with E-state index < -0.39 is 11.7 Å². The summed E-state index contributed by atoms with van der Waals surface area (Å²) in [6.45, 7) is 8.51. The van der Waals surface area contributed by atoms with Crippen LogP contribution in [-0.4, -0.2) is 41.8 Å². The molecule has 1 aliphatic rings. The molecule has 1 heterocycles. The number of carbonyl (C=O) groups excluding carboxylic acids is 2. The molecular weight excluding hydrogens is 332 g/mol. The molecule has 142 valence electrons. The number of hydrogen-bond acceptors (Lipinski definition) is 4. The molecule has 0 saturated carbocycles. The molecule has 1 aromatic rings. The smallest absolute Gasteiger partial charge is 0.410 e. The van der Waals surface area contributed by atoms with Crippen molar-refractivity contribution >= 4 is 12.2 Å². The fraction of sp³-hybridized carbons (Fsp3) is 0.500. The summed E-state index contributed by atoms with van der Waals surface area (Å²) < 4.78 is 10.7. The van der Waals surface area contributed by atoms with Gasteiger partial charge >= 0.3 is 12.2 Å². The first-order valence-electron chi connectivity index (χ1n) is 8.86. The summed E-state index contributed by atoms with van der Waals surface area (Å²) in [6.07, 6.45) is 1.81. The van der Waals surface area contributed by atoms with Gasteiger partial charge < -0.3 is 19.7 Å². The van der Waals surface area contributed by atoms with Crippen molar-refractivity contribution in [1.82, 2.24) is 10.2 Å². The summed E-state index contributed by atoms with van der Waals surface area (Å²) >= 11 is 0. The maximum absolute atomic E-state index is 12.4. The van der Waals surface area contributed by atoms with Crippen LogP contribution in [0.5, 0.6) is 0 Å². The average Bonchev–Trinajstić information content (AvgIpc) is 2.58. The summed E-state index contributed by atoms with van der Waals surface area (Å²) in [5.74, 6) is 0. The fourth-order valence-corrected chi connectivity index (χ4v) is 2.75. The number of benzene rings is 1. The zero-order valence-corrected chi connectivity index (χ0v) is 16.0. The molecule has 2 rings (SSSR count). The predicted molar refractivity (Wildman–Crippen MR) is 99.7 cm³/mol. The third kappa shape index (κ3) is 6.43. The van der Waals surface area contributed by atoms with E-state index in [9.17, 15) is 9.59 Å². The van der Waals surface area contributed by atoms with Crippen LogP contribution in [0, 0.1) is 0 Å². The molecule has 1 N–H and O–H groups in total. The number of likely N-dealkylation sites (tertiary alicyclic amines) is 1. The number of amides is 2. The Balaban J connectivity index is 1.93. The van der Waals surface area contributed by atoms with E-state index in [0.29, 0.717) is 19.5 Å². The number of nitrogens with one attached hydrogen (secondary N) is 1. The van der Waals surface area contributed by atoms with E-state index in [2.05, 4.69) is 5.32 Å². The molecule has 0 aromatic heterocycles. The zero-order valence-electron chi connectivity index (χ0n) is 16.0. The van der Waals surface area contributed by atoms with Gasteiger partial charge in [0.05, 0.1) is 6.04 Å². The summed E-state index contributed by atoms with van der Waals surface area (Å²) in [5, 5.41) is 2.85. The monoisotopic (exact) mass is 360 g/mol. The van der Waals surface area contributed by atoms with E-state index in [-0.39, 0.29) is 18.7 Å². The van der Waals surface area contributed by atoms with Crippen LogP contribution in [0.3, 0.4) is 0 Å². The molecule has 0 bridgehead atoms. The second-order valence-electron chi connectivity index (χ2n) is 7.41. The van der Waals surface area contributed by atoms with Crippen LogP contribution in [0.1, 0.15) is 39.7 Å². The molecule has 0 radical (unpaired) electrons. The summed E-state index contributed by atoms with van der Waals surface area (Å²) in [6, 6.07) is 9.35. The van der Waals surface area contributed by atoms with E-state index >= 15 is 0 Å². The highest BCUT2D eigenvalue weighted by atomic mass is 16.6. The Morgan fingerprint density at radius 3 is 2.58 bits per heavy atom. The highest BCUT2D eigenvalue weighted by Gasteiger charge is 2.29. The number of nitrogens with zero attached hydrogens (tertiary/aromatic N) is 1. The SMILES string of the molecule is CC=C1C[C@H](NC(=O)OC(C)(C)C)CN(C(=O)OCc2ccccc2)C1. The normalized spacial score (nSPS) is 19.2. The van der Waals surface area contributed by atoms with Crippen molar-refractivity contribution in [2.75, 3.05) is 13.1 Å². The minimum atomic E-state index is -0.559. The zero-order chi connectivity index (χ0) is 19.2. The predicted octanol–water partition coefficient (Wildman–Crippen LogP) is 3.87. The van der Waals surface area contributed by atoms with Crippen molar-refractivity contribution in [3.63, 3.8) is 0 Å². The van der Waals surface area contributed by atoms with Crippen LogP contribution in [0.4, 0.5) is 9.59 Å². The van der Waals surface area contributed by atoms with E-state index in [1.807, 2.05) is 64.1 Å². The third-order valence-corrected chi connectivity index (χ3v) is 3.94. The number of allylic oxidation sites excluding steroid dienone is 1. The van der Waals surface area contributed by atoms with Crippen LogP contribution >= 0.6 is 0 Å². The van der Waals surface area contributed by atoms with Gasteiger partial charge in [0.1, 0.15) is 12.2 Å². The quantitative estimate of drug-likeness (QED) is 0.831. The third-order valence-electron chi connectivity index (χ3n) is 3.94. The lowest BCUT2D eigenvalue weighted by molar-refractivity contribution is 0.0469. The van der Waals surface area contributed by atoms with Gasteiger partial charge in [-0.3, -0.25) is 0 Å². The van der Waals surface area contributed by atoms with Crippen molar-refractivity contribution < 1.29 is 19.1 Å². The highest BCUT2D eigenvalue weighted by Crippen LogP contribution is 2.18. The molecule has 6 nitrogen and oxygen atoms in total. The van der Waals surface area contributed by atoms with Gasteiger partial charge in [-0.15, -0.1) is 0 Å². The highest BCUT2D eigenvalue weighted by molar-refractivity contribution is 5.70. The van der Waals surface area contributed by atoms with Gasteiger partial charge in [-0.25, -0.2) is 9.59 Å². The number of alkyl carbamates (subject to hydrolysis) is 1. The Hall–Kier alpha value is -2.50. The van der Waals surface area contributed by atoms with E-state index in [1.54, 1.807) is 4.90 Å². The van der Waals surface area contributed by atoms with Gasteiger partial charge in [0, 0.05) is 13.1 Å². The molecular formula is C20H28N2O4. The Labute approximate surface area is 155 Å². The molecule has 1 aliphatic heterocycles. The van der Waals surface area contributed by atoms with Crippen molar-refractivity contribution in [3.8, 4) is 0 Å². The molecule has 1 fully saturated rings. The molecule has 26 heavy (non-hydrogen) atoms. The molecule has 1 saturated heterocycles. The maximum Gasteiger partial charge on any atom is 0.410 e. The lowest BCUT2D eigenvalue weighted by Gasteiger charge is -2.34. The molecule has 6 heteroatoms. The van der Waals surface area contributed by atoms with Crippen LogP contribution in [0.25, 0.3) is 0 Å². The van der Waals surface area contributed by atoms with Crippen LogP contribution < -0.4 is 5.32 Å². The van der Waals surface area contributed by atoms with Crippen LogP contribution in [-0.2, 0) is 16.1 Å². The second-order valence-corrected chi connectivity index (χ2v) is 7.41. The van der Waals surface area contributed by atoms with Gasteiger partial charge in [0.15, 0.2) is 0 Å². The molecule has 0 spiro atoms. The van der Waals surface area contributed by atoms with E-state index in [1.165, 1.54) is 0 Å². The van der Waals surface area contributed by atoms with Gasteiger partial charge in [-0.2, -0.15) is 0 Å². The average molecular weight is 360 g/mol. The largest absolute Gasteiger partial charge is 0.445 e. The Bertz CT molecular complexity index is 650. The van der Waals surface area contributed by atoms with Gasteiger partial charge in [0.2, 0.25) is 0 Å². The standard InChI is InChI=1S/C20H28N2O4/c1-5-15-11-17(21-18(23)26-20(2,3)4)13-22(12-15)19(24)25-14-16-9-7-6-8-10-16/h5-10,17H,11-14H2,1-4H3,(H,21,23)/t17-/m0/s1. The number of ether oxygens (including phenoxy) is 2.